The Morgan fingerprint density at radius 2 is 2.22 bits per heavy atom. The Labute approximate surface area is 138 Å². The van der Waals surface area contributed by atoms with Gasteiger partial charge in [0.15, 0.2) is 5.82 Å². The molecule has 8 heteroatoms. The Morgan fingerprint density at radius 1 is 1.43 bits per heavy atom. The number of pyridine rings is 1. The lowest BCUT2D eigenvalue weighted by atomic mass is 10.0. The van der Waals surface area contributed by atoms with E-state index in [1.807, 2.05) is 11.8 Å². The van der Waals surface area contributed by atoms with Crippen molar-refractivity contribution in [3.63, 3.8) is 0 Å². The van der Waals surface area contributed by atoms with Gasteiger partial charge >= 0.3 is 5.69 Å². The number of halogens is 1. The number of rotatable bonds is 3. The van der Waals surface area contributed by atoms with Crippen molar-refractivity contribution in [3.8, 4) is 0 Å². The molecule has 1 N–H and O–H groups in total. The molecule has 3 heterocycles. The first-order chi connectivity index (χ1) is 11.0. The third-order valence-corrected chi connectivity index (χ3v) is 4.32. The van der Waals surface area contributed by atoms with Gasteiger partial charge in [-0.2, -0.15) is 4.98 Å². The van der Waals surface area contributed by atoms with Gasteiger partial charge in [0.25, 0.3) is 0 Å². The summed E-state index contributed by atoms with van der Waals surface area (Å²) in [6.07, 6.45) is -0.279. The Hall–Kier alpha value is -1.70. The summed E-state index contributed by atoms with van der Waals surface area (Å²) in [6.45, 7) is 3.44. The zero-order valence-electron chi connectivity index (χ0n) is 13.1. The molecular formula is C15H19ClN4O3. The smallest absolute Gasteiger partial charge is 0.349 e. The van der Waals surface area contributed by atoms with Crippen LogP contribution in [-0.4, -0.2) is 51.5 Å². The van der Waals surface area contributed by atoms with Gasteiger partial charge in [-0.25, -0.2) is 9.78 Å². The molecule has 0 bridgehead atoms. The third-order valence-electron chi connectivity index (χ3n) is 4.11. The van der Waals surface area contributed by atoms with Crippen molar-refractivity contribution in [1.29, 1.82) is 0 Å². The SMILES string of the molecule is CCOC1CN(c2nc(=O)n(C)c3ccc(Cl)nc23)CCC1O. The topological polar surface area (TPSA) is 80.5 Å². The summed E-state index contributed by atoms with van der Waals surface area (Å²) < 4.78 is 7.03. The van der Waals surface area contributed by atoms with E-state index in [0.29, 0.717) is 48.1 Å². The zero-order chi connectivity index (χ0) is 16.6. The number of aromatic nitrogens is 3. The summed E-state index contributed by atoms with van der Waals surface area (Å²) in [6, 6.07) is 3.41. The number of aryl methyl sites for hydroxylation is 1. The molecule has 23 heavy (non-hydrogen) atoms. The third kappa shape index (κ3) is 3.04. The van der Waals surface area contributed by atoms with Crippen molar-refractivity contribution in [3.05, 3.63) is 27.8 Å². The van der Waals surface area contributed by atoms with Crippen LogP contribution in [0.3, 0.4) is 0 Å². The molecule has 7 nitrogen and oxygen atoms in total. The number of piperidine rings is 1. The van der Waals surface area contributed by atoms with Crippen LogP contribution in [0.25, 0.3) is 11.0 Å². The van der Waals surface area contributed by atoms with E-state index in [9.17, 15) is 9.90 Å². The molecule has 0 radical (unpaired) electrons. The average molecular weight is 339 g/mol. The second kappa shape index (κ2) is 6.43. The van der Waals surface area contributed by atoms with E-state index in [1.54, 1.807) is 19.2 Å². The molecule has 1 saturated heterocycles. The lowest BCUT2D eigenvalue weighted by molar-refractivity contribution is -0.0399. The van der Waals surface area contributed by atoms with E-state index in [4.69, 9.17) is 16.3 Å². The van der Waals surface area contributed by atoms with Crippen LogP contribution in [-0.2, 0) is 11.8 Å². The minimum Gasteiger partial charge on any atom is -0.390 e. The zero-order valence-corrected chi connectivity index (χ0v) is 13.8. The van der Waals surface area contributed by atoms with E-state index in [0.717, 1.165) is 0 Å². The van der Waals surface area contributed by atoms with Gasteiger partial charge in [-0.1, -0.05) is 11.6 Å². The van der Waals surface area contributed by atoms with Crippen molar-refractivity contribution in [2.45, 2.75) is 25.6 Å². The van der Waals surface area contributed by atoms with E-state index in [1.165, 1.54) is 4.57 Å². The number of nitrogens with zero attached hydrogens (tertiary/aromatic N) is 4. The largest absolute Gasteiger partial charge is 0.390 e. The van der Waals surface area contributed by atoms with E-state index >= 15 is 0 Å². The molecule has 2 atom stereocenters. The number of hydrogen-bond donors (Lipinski definition) is 1. The summed E-state index contributed by atoms with van der Waals surface area (Å²) in [7, 11) is 1.65. The maximum Gasteiger partial charge on any atom is 0.349 e. The predicted molar refractivity (Wildman–Crippen MR) is 88.0 cm³/mol. The number of aliphatic hydroxyl groups is 1. The van der Waals surface area contributed by atoms with Crippen LogP contribution >= 0.6 is 11.6 Å². The van der Waals surface area contributed by atoms with Crippen molar-refractivity contribution >= 4 is 28.5 Å². The fourth-order valence-corrected chi connectivity index (χ4v) is 3.03. The van der Waals surface area contributed by atoms with Gasteiger partial charge in [0.2, 0.25) is 0 Å². The summed E-state index contributed by atoms with van der Waals surface area (Å²) >= 11 is 6.01. The lowest BCUT2D eigenvalue weighted by Crippen LogP contribution is -2.49. The van der Waals surface area contributed by atoms with Crippen LogP contribution in [0.4, 0.5) is 5.82 Å². The number of aliphatic hydroxyl groups excluding tert-OH is 1. The minimum absolute atomic E-state index is 0.311. The van der Waals surface area contributed by atoms with Gasteiger partial charge < -0.3 is 14.7 Å². The number of hydrogen-bond acceptors (Lipinski definition) is 6. The van der Waals surface area contributed by atoms with Crippen LogP contribution in [0.5, 0.6) is 0 Å². The molecule has 3 rings (SSSR count). The summed E-state index contributed by atoms with van der Waals surface area (Å²) in [4.78, 5) is 22.6. The molecule has 124 valence electrons. The van der Waals surface area contributed by atoms with E-state index in [2.05, 4.69) is 9.97 Å². The van der Waals surface area contributed by atoms with Crippen molar-refractivity contribution < 1.29 is 9.84 Å². The van der Waals surface area contributed by atoms with Crippen LogP contribution in [0.2, 0.25) is 5.15 Å². The van der Waals surface area contributed by atoms with Crippen LogP contribution in [0.1, 0.15) is 13.3 Å². The van der Waals surface area contributed by atoms with Crippen LogP contribution in [0.15, 0.2) is 16.9 Å². The Morgan fingerprint density at radius 3 is 2.96 bits per heavy atom. The molecule has 2 aromatic rings. The van der Waals surface area contributed by atoms with Crippen molar-refractivity contribution in [2.24, 2.45) is 7.05 Å². The Balaban J connectivity index is 2.07. The van der Waals surface area contributed by atoms with E-state index < -0.39 is 6.10 Å². The monoisotopic (exact) mass is 338 g/mol. The maximum atomic E-state index is 12.1. The van der Waals surface area contributed by atoms with Crippen molar-refractivity contribution in [2.75, 3.05) is 24.6 Å². The second-order valence-electron chi connectivity index (χ2n) is 5.57. The maximum absolute atomic E-state index is 12.1. The number of anilines is 1. The summed E-state index contributed by atoms with van der Waals surface area (Å²) in [5, 5.41) is 10.4. The fourth-order valence-electron chi connectivity index (χ4n) is 2.88. The van der Waals surface area contributed by atoms with Gasteiger partial charge in [0.1, 0.15) is 16.8 Å². The van der Waals surface area contributed by atoms with Gasteiger partial charge in [0, 0.05) is 26.7 Å². The van der Waals surface area contributed by atoms with E-state index in [-0.39, 0.29) is 11.8 Å². The molecule has 0 amide bonds. The highest BCUT2D eigenvalue weighted by molar-refractivity contribution is 6.29. The quantitative estimate of drug-likeness (QED) is 0.840. The Bertz CT molecular complexity index is 779. The first-order valence-corrected chi connectivity index (χ1v) is 7.97. The van der Waals surface area contributed by atoms with Gasteiger partial charge in [-0.15, -0.1) is 0 Å². The number of fused-ring (bicyclic) bond motifs is 1. The normalized spacial score (nSPS) is 21.8. The first-order valence-electron chi connectivity index (χ1n) is 7.59. The predicted octanol–water partition coefficient (Wildman–Crippen LogP) is 0.958. The molecule has 1 aliphatic heterocycles. The second-order valence-corrected chi connectivity index (χ2v) is 5.96. The molecule has 2 unspecified atom stereocenters. The molecule has 1 fully saturated rings. The van der Waals surface area contributed by atoms with Crippen LogP contribution < -0.4 is 10.6 Å². The Kier molecular flexibility index (Phi) is 4.52. The highest BCUT2D eigenvalue weighted by Crippen LogP contribution is 2.26. The molecule has 0 aliphatic carbocycles. The summed E-state index contributed by atoms with van der Waals surface area (Å²) in [5.74, 6) is 0.488. The van der Waals surface area contributed by atoms with Gasteiger partial charge in [-0.05, 0) is 25.5 Å². The van der Waals surface area contributed by atoms with Gasteiger partial charge in [0.05, 0.1) is 11.6 Å². The van der Waals surface area contributed by atoms with Gasteiger partial charge in [-0.3, -0.25) is 4.57 Å². The lowest BCUT2D eigenvalue weighted by Gasteiger charge is -2.36. The molecule has 2 aromatic heterocycles. The molecule has 0 aromatic carbocycles. The molecule has 1 aliphatic rings. The standard InChI is InChI=1S/C15H19ClN4O3/c1-3-23-11-8-20(7-6-10(11)21)14-13-9(4-5-12(16)17-13)19(2)15(22)18-14/h4-5,10-11,21H,3,6-8H2,1-2H3. The molecule has 0 spiro atoms. The number of ether oxygens (including phenoxy) is 1. The van der Waals surface area contributed by atoms with Crippen LogP contribution in [0, 0.1) is 0 Å². The molecule has 0 saturated carbocycles. The highest BCUT2D eigenvalue weighted by Gasteiger charge is 2.30. The summed E-state index contributed by atoms with van der Waals surface area (Å²) in [5.41, 5.74) is 0.894. The fraction of sp³-hybridized carbons (Fsp3) is 0.533. The molecular weight excluding hydrogens is 320 g/mol. The minimum atomic E-state index is -0.513. The first kappa shape index (κ1) is 16.2. The van der Waals surface area contributed by atoms with Crippen molar-refractivity contribution in [1.82, 2.24) is 14.5 Å². The average Bonchev–Trinajstić information content (AvgIpc) is 2.53. The highest BCUT2D eigenvalue weighted by atomic mass is 35.5.